The summed E-state index contributed by atoms with van der Waals surface area (Å²) in [6, 6.07) is 12.5. The van der Waals surface area contributed by atoms with E-state index in [0.717, 1.165) is 10.4 Å². The molecule has 0 spiro atoms. The van der Waals surface area contributed by atoms with Gasteiger partial charge in [-0.25, -0.2) is 4.79 Å². The van der Waals surface area contributed by atoms with Crippen LogP contribution in [0.25, 0.3) is 0 Å². The number of hydrogen-bond donors (Lipinski definition) is 1. The van der Waals surface area contributed by atoms with Gasteiger partial charge in [-0.1, -0.05) is 55.3 Å². The van der Waals surface area contributed by atoms with Crippen molar-refractivity contribution in [2.75, 3.05) is 13.7 Å². The standard InChI is InChI=1S/C28H31F2NO4S/c1-20(9-6-7-12-21-10-4-3-5-11-21)24(32)16-14-22-19-28(29,30)27(34)31(22)18-8-13-23-15-17-25(36-23)26(33)35-2/h3-5,10-11,14-17,20,22,24,32H,8-9,12-13,18-19H2,1-2H3/b16-14+/t20-,22-,24+/m0/s1. The molecule has 3 rings (SSSR count). The molecule has 1 aliphatic rings. The van der Waals surface area contributed by atoms with Crippen LogP contribution in [0, 0.1) is 17.8 Å². The van der Waals surface area contributed by atoms with Gasteiger partial charge in [-0.15, -0.1) is 17.3 Å². The summed E-state index contributed by atoms with van der Waals surface area (Å²) in [6.45, 7) is 2.01. The molecule has 1 aromatic heterocycles. The molecule has 0 bridgehead atoms. The quantitative estimate of drug-likeness (QED) is 0.278. The van der Waals surface area contributed by atoms with Gasteiger partial charge in [0.15, 0.2) is 0 Å². The van der Waals surface area contributed by atoms with Crippen LogP contribution in [0.5, 0.6) is 0 Å². The topological polar surface area (TPSA) is 66.8 Å². The highest BCUT2D eigenvalue weighted by molar-refractivity contribution is 7.13. The van der Waals surface area contributed by atoms with E-state index in [9.17, 15) is 23.5 Å². The fourth-order valence-electron chi connectivity index (χ4n) is 3.95. The first-order valence-electron chi connectivity index (χ1n) is 11.9. The number of methoxy groups -OCH3 is 1. The molecule has 1 aromatic carbocycles. The molecule has 0 aliphatic carbocycles. The van der Waals surface area contributed by atoms with E-state index in [1.54, 1.807) is 12.1 Å². The largest absolute Gasteiger partial charge is 0.465 e. The van der Waals surface area contributed by atoms with E-state index in [0.29, 0.717) is 30.6 Å². The second-order valence-electron chi connectivity index (χ2n) is 8.91. The number of likely N-dealkylation sites (tertiary alicyclic amines) is 1. The maximum atomic E-state index is 14.2. The molecule has 1 amide bonds. The van der Waals surface area contributed by atoms with E-state index in [2.05, 4.69) is 11.8 Å². The molecule has 8 heteroatoms. The number of carbonyl (C=O) groups excluding carboxylic acids is 2. The Hall–Kier alpha value is -3.02. The lowest BCUT2D eigenvalue weighted by Gasteiger charge is -2.22. The molecule has 1 fully saturated rings. The van der Waals surface area contributed by atoms with Crippen molar-refractivity contribution in [3.8, 4) is 11.8 Å². The van der Waals surface area contributed by atoms with Gasteiger partial charge in [-0.3, -0.25) is 4.79 Å². The highest BCUT2D eigenvalue weighted by atomic mass is 32.1. The lowest BCUT2D eigenvalue weighted by molar-refractivity contribution is -0.148. The fraction of sp³-hybridized carbons (Fsp3) is 0.429. The van der Waals surface area contributed by atoms with Crippen LogP contribution in [0.15, 0.2) is 54.6 Å². The Morgan fingerprint density at radius 3 is 2.75 bits per heavy atom. The van der Waals surface area contributed by atoms with Crippen molar-refractivity contribution in [2.45, 2.75) is 57.1 Å². The van der Waals surface area contributed by atoms with Gasteiger partial charge < -0.3 is 14.7 Å². The number of rotatable bonds is 10. The fourth-order valence-corrected chi connectivity index (χ4v) is 4.92. The third-order valence-electron chi connectivity index (χ3n) is 6.11. The number of alkyl halides is 2. The summed E-state index contributed by atoms with van der Waals surface area (Å²) in [5, 5.41) is 10.5. The second kappa shape index (κ2) is 12.8. The van der Waals surface area contributed by atoms with Gasteiger partial charge in [0, 0.05) is 30.7 Å². The molecule has 1 aliphatic heterocycles. The van der Waals surface area contributed by atoms with Crippen LogP contribution in [0.2, 0.25) is 0 Å². The van der Waals surface area contributed by atoms with Crippen LogP contribution < -0.4 is 0 Å². The number of aryl methyl sites for hydroxylation is 1. The van der Waals surface area contributed by atoms with Gasteiger partial charge in [-0.2, -0.15) is 8.78 Å². The molecule has 3 atom stereocenters. The number of benzene rings is 1. The van der Waals surface area contributed by atoms with E-state index in [-0.39, 0.29) is 12.5 Å². The van der Waals surface area contributed by atoms with Crippen molar-refractivity contribution >= 4 is 23.2 Å². The minimum Gasteiger partial charge on any atom is -0.465 e. The molecule has 1 saturated heterocycles. The predicted molar refractivity (Wildman–Crippen MR) is 136 cm³/mol. The SMILES string of the molecule is COC(=O)c1ccc(CCCN2C(=O)C(F)(F)C[C@@H]2/C=C/[C@@H](O)[C@@H](C)CC#CCc2ccccc2)s1. The van der Waals surface area contributed by atoms with Crippen molar-refractivity contribution in [3.63, 3.8) is 0 Å². The van der Waals surface area contributed by atoms with Crippen LogP contribution in [0.4, 0.5) is 8.78 Å². The van der Waals surface area contributed by atoms with E-state index in [1.165, 1.54) is 35.5 Å². The predicted octanol–water partition coefficient (Wildman–Crippen LogP) is 4.89. The van der Waals surface area contributed by atoms with E-state index in [1.807, 2.05) is 37.3 Å². The number of halogens is 2. The maximum absolute atomic E-state index is 14.2. The molecule has 2 aromatic rings. The third-order valence-corrected chi connectivity index (χ3v) is 7.23. The summed E-state index contributed by atoms with van der Waals surface area (Å²) >= 11 is 1.29. The van der Waals surface area contributed by atoms with Crippen molar-refractivity contribution in [1.29, 1.82) is 0 Å². The average Bonchev–Trinajstić information content (AvgIpc) is 3.43. The van der Waals surface area contributed by atoms with E-state index < -0.39 is 36.4 Å². The normalized spacial score (nSPS) is 18.6. The van der Waals surface area contributed by atoms with Crippen molar-refractivity contribution in [3.05, 3.63) is 69.9 Å². The molecule has 0 saturated carbocycles. The van der Waals surface area contributed by atoms with Crippen LogP contribution in [0.1, 0.15) is 46.3 Å². The number of amides is 1. The summed E-state index contributed by atoms with van der Waals surface area (Å²) in [7, 11) is 1.31. The Morgan fingerprint density at radius 2 is 2.03 bits per heavy atom. The number of thiophene rings is 1. The first-order valence-corrected chi connectivity index (χ1v) is 12.7. The van der Waals surface area contributed by atoms with Crippen LogP contribution in [-0.4, -0.2) is 53.6 Å². The minimum absolute atomic E-state index is 0.158. The third kappa shape index (κ3) is 7.49. The molecule has 5 nitrogen and oxygen atoms in total. The molecule has 36 heavy (non-hydrogen) atoms. The molecule has 0 radical (unpaired) electrons. The number of aliphatic hydroxyl groups excluding tert-OH is 1. The van der Waals surface area contributed by atoms with Crippen molar-refractivity contribution in [1.82, 2.24) is 4.90 Å². The Balaban J connectivity index is 1.52. The lowest BCUT2D eigenvalue weighted by atomic mass is 9.99. The van der Waals surface area contributed by atoms with Crippen LogP contribution in [0.3, 0.4) is 0 Å². The smallest absolute Gasteiger partial charge is 0.348 e. The van der Waals surface area contributed by atoms with Gasteiger partial charge in [0.2, 0.25) is 0 Å². The number of ether oxygens (including phenoxy) is 1. The lowest BCUT2D eigenvalue weighted by Crippen LogP contribution is -2.36. The van der Waals surface area contributed by atoms with Gasteiger partial charge in [0.25, 0.3) is 5.91 Å². The zero-order valence-corrected chi connectivity index (χ0v) is 21.3. The Kier molecular flexibility index (Phi) is 9.80. The van der Waals surface area contributed by atoms with Gasteiger partial charge in [0.05, 0.1) is 19.3 Å². The minimum atomic E-state index is -3.42. The highest BCUT2D eigenvalue weighted by Gasteiger charge is 2.52. The summed E-state index contributed by atoms with van der Waals surface area (Å²) < 4.78 is 33.1. The summed E-state index contributed by atoms with van der Waals surface area (Å²) in [4.78, 5) is 26.5. The number of hydrogen-bond acceptors (Lipinski definition) is 5. The zero-order valence-electron chi connectivity index (χ0n) is 20.5. The van der Waals surface area contributed by atoms with E-state index in [4.69, 9.17) is 4.74 Å². The summed E-state index contributed by atoms with van der Waals surface area (Å²) in [5.74, 6) is 0.958. The molecular formula is C28H31F2NO4S. The monoisotopic (exact) mass is 515 g/mol. The molecule has 192 valence electrons. The summed E-state index contributed by atoms with van der Waals surface area (Å²) in [6.07, 6.45) is 3.67. The van der Waals surface area contributed by atoms with E-state index >= 15 is 0 Å². The Labute approximate surface area is 214 Å². The number of aliphatic hydroxyl groups is 1. The highest BCUT2D eigenvalue weighted by Crippen LogP contribution is 2.34. The van der Waals surface area contributed by atoms with Gasteiger partial charge in [-0.05, 0) is 36.5 Å². The second-order valence-corrected chi connectivity index (χ2v) is 10.1. The molecule has 1 N–H and O–H groups in total. The van der Waals surface area contributed by atoms with Gasteiger partial charge in [0.1, 0.15) is 4.88 Å². The molecule has 2 heterocycles. The first-order chi connectivity index (χ1) is 17.2. The van der Waals surface area contributed by atoms with Gasteiger partial charge >= 0.3 is 11.9 Å². The van der Waals surface area contributed by atoms with Crippen molar-refractivity contribution in [2.24, 2.45) is 5.92 Å². The maximum Gasteiger partial charge on any atom is 0.348 e. The summed E-state index contributed by atoms with van der Waals surface area (Å²) in [5.41, 5.74) is 1.12. The number of nitrogens with zero attached hydrogens (tertiary/aromatic N) is 1. The van der Waals surface area contributed by atoms with Crippen LogP contribution in [-0.2, 0) is 22.4 Å². The zero-order chi connectivity index (χ0) is 26.1. The molecular weight excluding hydrogens is 484 g/mol. The Bertz CT molecular complexity index is 1120. The number of esters is 1. The Morgan fingerprint density at radius 1 is 1.28 bits per heavy atom. The first kappa shape index (κ1) is 27.6. The average molecular weight is 516 g/mol. The number of carbonyl (C=O) groups is 2. The van der Waals surface area contributed by atoms with Crippen molar-refractivity contribution < 1.29 is 28.2 Å². The van der Waals surface area contributed by atoms with Crippen LogP contribution >= 0.6 is 11.3 Å². The molecule has 0 unspecified atom stereocenters.